The quantitative estimate of drug-likeness (QED) is 0.150. The molecule has 0 aliphatic carbocycles. The fourth-order valence-electron chi connectivity index (χ4n) is 3.52. The highest BCUT2D eigenvalue weighted by Gasteiger charge is 2.48. The summed E-state index contributed by atoms with van der Waals surface area (Å²) in [5, 5.41) is 48.7. The largest absolute Gasteiger partial charge is 0.394 e. The van der Waals surface area contributed by atoms with E-state index < -0.39 is 61.7 Å². The molecule has 0 radical (unpaired) electrons. The molecule has 184 valence electrons. The first kappa shape index (κ1) is 25.4. The molecule has 7 N–H and O–H groups in total. The minimum absolute atomic E-state index is 0.253. The van der Waals surface area contributed by atoms with Gasteiger partial charge < -0.3 is 41.1 Å². The van der Waals surface area contributed by atoms with E-state index in [-0.39, 0.29) is 5.82 Å². The summed E-state index contributed by atoms with van der Waals surface area (Å²) >= 11 is 0. The second-order valence-electron chi connectivity index (χ2n) is 7.63. The summed E-state index contributed by atoms with van der Waals surface area (Å²) in [6.45, 7) is 0.631. The van der Waals surface area contributed by atoms with Crippen molar-refractivity contribution >= 4 is 29.5 Å². The van der Waals surface area contributed by atoms with Gasteiger partial charge in [-0.3, -0.25) is 14.6 Å². The number of nitrogens with zero attached hydrogens (tertiary/aromatic N) is 3. The highest BCUT2D eigenvalue weighted by molar-refractivity contribution is 5.91. The number of fused-ring (bicyclic) bond motifs is 1. The first-order valence-electron chi connectivity index (χ1n) is 10.7. The molecule has 2 amide bonds. The van der Waals surface area contributed by atoms with Gasteiger partial charge in [-0.15, -0.1) is 0 Å². The van der Waals surface area contributed by atoms with Crippen molar-refractivity contribution in [3.63, 3.8) is 0 Å². The Balaban J connectivity index is 1.68. The van der Waals surface area contributed by atoms with Crippen LogP contribution in [0.4, 0.5) is 11.5 Å². The standard InChI is InChI=1S/C21H28N6O7/c1-2-3-4-5-13(30)23-8-14(31)26-16-17(32)18(33)21(34-19(16)12(29)9-28)27-20-15-11(6-7-22-15)24-10-25-20/h2-5,7,10,12,16-19,21,28-29,32-33H,6,8-9H2,1H3,(H,23,30)(H,26,31)(H,24,25,27)/b3-2+,5-4+. The van der Waals surface area contributed by atoms with Gasteiger partial charge in [-0.2, -0.15) is 0 Å². The Kier molecular flexibility index (Phi) is 8.79. The lowest BCUT2D eigenvalue weighted by atomic mass is 9.92. The van der Waals surface area contributed by atoms with Crippen LogP contribution in [-0.2, 0) is 20.7 Å². The van der Waals surface area contributed by atoms with Gasteiger partial charge >= 0.3 is 0 Å². The molecule has 0 spiro atoms. The number of amides is 2. The third kappa shape index (κ3) is 6.01. The third-order valence-corrected chi connectivity index (χ3v) is 5.24. The van der Waals surface area contributed by atoms with Crippen molar-refractivity contribution in [2.45, 2.75) is 50.0 Å². The highest BCUT2D eigenvalue weighted by Crippen LogP contribution is 2.32. The molecule has 2 aliphatic rings. The molecule has 1 saturated heterocycles. The Morgan fingerprint density at radius 3 is 2.79 bits per heavy atom. The minimum Gasteiger partial charge on any atom is -0.394 e. The molecule has 1 aromatic rings. The number of nitrogens with one attached hydrogen (secondary N) is 3. The number of aromatic nitrogens is 2. The van der Waals surface area contributed by atoms with E-state index in [0.29, 0.717) is 17.8 Å². The summed E-state index contributed by atoms with van der Waals surface area (Å²) in [7, 11) is 0. The molecule has 13 nitrogen and oxygen atoms in total. The Morgan fingerprint density at radius 2 is 2.06 bits per heavy atom. The van der Waals surface area contributed by atoms with Crippen LogP contribution in [0.15, 0.2) is 35.6 Å². The first-order valence-corrected chi connectivity index (χ1v) is 10.7. The maximum absolute atomic E-state index is 12.4. The van der Waals surface area contributed by atoms with Crippen LogP contribution in [0.25, 0.3) is 0 Å². The highest BCUT2D eigenvalue weighted by atomic mass is 16.5. The van der Waals surface area contributed by atoms with E-state index in [2.05, 4.69) is 30.9 Å². The van der Waals surface area contributed by atoms with E-state index in [0.717, 1.165) is 0 Å². The van der Waals surface area contributed by atoms with E-state index in [1.54, 1.807) is 25.3 Å². The maximum Gasteiger partial charge on any atom is 0.244 e. The van der Waals surface area contributed by atoms with Gasteiger partial charge in [0, 0.05) is 18.7 Å². The van der Waals surface area contributed by atoms with Gasteiger partial charge in [-0.25, -0.2) is 9.97 Å². The molecule has 2 aliphatic heterocycles. The van der Waals surface area contributed by atoms with Crippen LogP contribution in [0, 0.1) is 0 Å². The molecular weight excluding hydrogens is 448 g/mol. The fourth-order valence-corrected chi connectivity index (χ4v) is 3.52. The zero-order valence-corrected chi connectivity index (χ0v) is 18.4. The zero-order valence-electron chi connectivity index (χ0n) is 18.4. The van der Waals surface area contributed by atoms with Gasteiger partial charge in [0.25, 0.3) is 0 Å². The third-order valence-electron chi connectivity index (χ3n) is 5.24. The molecule has 0 bridgehead atoms. The van der Waals surface area contributed by atoms with Crippen molar-refractivity contribution in [2.75, 3.05) is 18.5 Å². The number of rotatable bonds is 9. The molecule has 13 heteroatoms. The van der Waals surface area contributed by atoms with Crippen LogP contribution in [0.1, 0.15) is 12.6 Å². The topological polar surface area (TPSA) is 199 Å². The molecule has 6 unspecified atom stereocenters. The number of hydrogen-bond donors (Lipinski definition) is 7. The van der Waals surface area contributed by atoms with Gasteiger partial charge in [-0.05, 0) is 6.92 Å². The summed E-state index contributed by atoms with van der Waals surface area (Å²) in [5.74, 6) is -0.953. The summed E-state index contributed by atoms with van der Waals surface area (Å²) < 4.78 is 5.73. The van der Waals surface area contributed by atoms with Crippen LogP contribution in [0.5, 0.6) is 0 Å². The number of ether oxygens (including phenoxy) is 1. The molecule has 1 fully saturated rings. The Morgan fingerprint density at radius 1 is 1.26 bits per heavy atom. The summed E-state index contributed by atoms with van der Waals surface area (Å²) in [6.07, 6.45) is 2.40. The average Bonchev–Trinajstić information content (AvgIpc) is 3.32. The second-order valence-corrected chi connectivity index (χ2v) is 7.63. The minimum atomic E-state index is -1.59. The summed E-state index contributed by atoms with van der Waals surface area (Å²) in [4.78, 5) is 36.5. The summed E-state index contributed by atoms with van der Waals surface area (Å²) in [5.41, 5.74) is 1.13. The van der Waals surface area contributed by atoms with Gasteiger partial charge in [0.2, 0.25) is 11.8 Å². The maximum atomic E-state index is 12.4. The molecule has 34 heavy (non-hydrogen) atoms. The smallest absolute Gasteiger partial charge is 0.244 e. The zero-order chi connectivity index (χ0) is 24.7. The summed E-state index contributed by atoms with van der Waals surface area (Å²) in [6, 6.07) is -1.28. The molecular formula is C21H28N6O7. The fraction of sp³-hybridized carbons (Fsp3) is 0.476. The average molecular weight is 476 g/mol. The predicted molar refractivity (Wildman–Crippen MR) is 120 cm³/mol. The number of aliphatic hydroxyl groups is 4. The lowest BCUT2D eigenvalue weighted by molar-refractivity contribution is -0.204. The molecule has 1 aromatic heterocycles. The van der Waals surface area contributed by atoms with Crippen molar-refractivity contribution in [1.29, 1.82) is 0 Å². The SMILES string of the molecule is C/C=C/C=C/C(=O)NCC(=O)NC1C(O)C(O)C(Nc2ncnc3c2N=CC3)OC1C(O)CO. The predicted octanol–water partition coefficient (Wildman–Crippen LogP) is -2.32. The van der Waals surface area contributed by atoms with E-state index in [1.165, 1.54) is 18.5 Å². The number of carbonyl (C=O) groups is 2. The number of hydrogen-bond acceptors (Lipinski definition) is 11. The second kappa shape index (κ2) is 11.8. The number of aliphatic imine (C=N–C) groups is 1. The van der Waals surface area contributed by atoms with Crippen LogP contribution in [-0.4, -0.2) is 98.3 Å². The van der Waals surface area contributed by atoms with Crippen LogP contribution < -0.4 is 16.0 Å². The number of carbonyl (C=O) groups excluding carboxylic acids is 2. The van der Waals surface area contributed by atoms with Gasteiger partial charge in [-0.1, -0.05) is 18.2 Å². The normalized spacial score (nSPS) is 27.0. The lowest BCUT2D eigenvalue weighted by Gasteiger charge is -2.44. The molecule has 3 heterocycles. The monoisotopic (exact) mass is 476 g/mol. The van der Waals surface area contributed by atoms with Crippen molar-refractivity contribution in [3.8, 4) is 0 Å². The Hall–Kier alpha value is -3.23. The number of allylic oxidation sites excluding steroid dienone is 3. The Bertz CT molecular complexity index is 969. The molecule has 3 rings (SSSR count). The van der Waals surface area contributed by atoms with Gasteiger partial charge in [0.15, 0.2) is 12.0 Å². The van der Waals surface area contributed by atoms with Crippen LogP contribution in [0.3, 0.4) is 0 Å². The van der Waals surface area contributed by atoms with Crippen molar-refractivity contribution in [1.82, 2.24) is 20.6 Å². The number of aliphatic hydroxyl groups excluding tert-OH is 4. The van der Waals surface area contributed by atoms with E-state index in [4.69, 9.17) is 4.74 Å². The molecule has 6 atom stereocenters. The van der Waals surface area contributed by atoms with Crippen molar-refractivity contribution < 1.29 is 34.8 Å². The van der Waals surface area contributed by atoms with Crippen LogP contribution in [0.2, 0.25) is 0 Å². The van der Waals surface area contributed by atoms with Crippen molar-refractivity contribution in [2.24, 2.45) is 4.99 Å². The van der Waals surface area contributed by atoms with Gasteiger partial charge in [0.1, 0.15) is 36.4 Å². The molecule has 0 aromatic carbocycles. The lowest BCUT2D eigenvalue weighted by Crippen LogP contribution is -2.68. The van der Waals surface area contributed by atoms with E-state index in [1.807, 2.05) is 0 Å². The van der Waals surface area contributed by atoms with E-state index >= 15 is 0 Å². The molecule has 0 saturated carbocycles. The Labute approximate surface area is 195 Å². The number of anilines is 1. The van der Waals surface area contributed by atoms with E-state index in [9.17, 15) is 30.0 Å². The van der Waals surface area contributed by atoms with Crippen molar-refractivity contribution in [3.05, 3.63) is 36.3 Å². The van der Waals surface area contributed by atoms with Gasteiger partial charge in [0.05, 0.1) is 24.9 Å². The first-order chi connectivity index (χ1) is 16.3. The van der Waals surface area contributed by atoms with Crippen LogP contribution >= 0.6 is 0 Å².